The summed E-state index contributed by atoms with van der Waals surface area (Å²) in [6.45, 7) is -0.0670. The summed E-state index contributed by atoms with van der Waals surface area (Å²) in [5.41, 5.74) is 0.978. The summed E-state index contributed by atoms with van der Waals surface area (Å²) in [7, 11) is 0. The average molecular weight is 411 g/mol. The van der Waals surface area contributed by atoms with E-state index in [0.29, 0.717) is 15.8 Å². The van der Waals surface area contributed by atoms with Gasteiger partial charge >= 0.3 is 5.97 Å². The van der Waals surface area contributed by atoms with Crippen LogP contribution in [0.1, 0.15) is 5.56 Å². The molecule has 0 amide bonds. The largest absolute Gasteiger partial charge is 0.480 e. The van der Waals surface area contributed by atoms with Crippen molar-refractivity contribution in [1.82, 2.24) is 0 Å². The molecule has 0 N–H and O–H groups in total. The predicted octanol–water partition coefficient (Wildman–Crippen LogP) is 6.42. The summed E-state index contributed by atoms with van der Waals surface area (Å²) in [4.78, 5) is 12.2. The molecule has 0 aliphatic heterocycles. The Kier molecular flexibility index (Phi) is 5.38. The molecule has 0 bridgehead atoms. The highest BCUT2D eigenvalue weighted by molar-refractivity contribution is 6.35. The van der Waals surface area contributed by atoms with Gasteiger partial charge in [0.05, 0.1) is 5.02 Å². The second-order valence-corrected chi connectivity index (χ2v) is 7.17. The summed E-state index contributed by atoms with van der Waals surface area (Å²) in [6.07, 6.45) is 0. The van der Waals surface area contributed by atoms with E-state index in [1.165, 1.54) is 0 Å². The molecule has 0 atom stereocenters. The van der Waals surface area contributed by atoms with Crippen molar-refractivity contribution in [3.8, 4) is 5.75 Å². The van der Waals surface area contributed by atoms with Gasteiger partial charge in [0.1, 0.15) is 12.4 Å². The van der Waals surface area contributed by atoms with Crippen molar-refractivity contribution in [3.63, 3.8) is 0 Å². The fourth-order valence-corrected chi connectivity index (χ4v) is 3.65. The van der Waals surface area contributed by atoms with E-state index in [9.17, 15) is 4.79 Å². The van der Waals surface area contributed by atoms with Gasteiger partial charge in [-0.1, -0.05) is 71.7 Å². The predicted molar refractivity (Wildman–Crippen MR) is 113 cm³/mol. The lowest BCUT2D eigenvalue weighted by atomic mass is 9.97. The van der Waals surface area contributed by atoms with Crippen LogP contribution in [0.5, 0.6) is 5.75 Å². The smallest absolute Gasteiger partial charge is 0.344 e. The Labute approximate surface area is 172 Å². The molecule has 140 valence electrons. The third kappa shape index (κ3) is 3.91. The van der Waals surface area contributed by atoms with Gasteiger partial charge in [-0.3, -0.25) is 0 Å². The summed E-state index contributed by atoms with van der Waals surface area (Å²) in [5.74, 6) is -0.0818. The molecule has 0 aromatic heterocycles. The van der Waals surface area contributed by atoms with Crippen LogP contribution in [0.2, 0.25) is 10.0 Å². The van der Waals surface area contributed by atoms with Gasteiger partial charge in [0.25, 0.3) is 0 Å². The Balaban J connectivity index is 1.52. The zero-order chi connectivity index (χ0) is 19.5. The van der Waals surface area contributed by atoms with E-state index in [2.05, 4.69) is 18.2 Å². The molecule has 0 radical (unpaired) electrons. The number of carbonyl (C=O) groups excluding carboxylic acids is 1. The summed E-state index contributed by atoms with van der Waals surface area (Å²) in [6, 6.07) is 23.1. The zero-order valence-electron chi connectivity index (χ0n) is 14.8. The lowest BCUT2D eigenvalue weighted by Gasteiger charge is -2.13. The maximum Gasteiger partial charge on any atom is 0.344 e. The number of esters is 1. The highest BCUT2D eigenvalue weighted by Gasteiger charge is 2.12. The molecule has 0 heterocycles. The summed E-state index contributed by atoms with van der Waals surface area (Å²) >= 11 is 11.9. The van der Waals surface area contributed by atoms with Crippen molar-refractivity contribution in [2.24, 2.45) is 0 Å². The first kappa shape index (κ1) is 18.6. The van der Waals surface area contributed by atoms with Crippen LogP contribution in [0.4, 0.5) is 0 Å². The van der Waals surface area contributed by atoms with Gasteiger partial charge < -0.3 is 9.47 Å². The second-order valence-electron chi connectivity index (χ2n) is 6.32. The van der Waals surface area contributed by atoms with E-state index in [4.69, 9.17) is 32.7 Å². The SMILES string of the molecule is O=C(COc1ccc(Cl)cc1Cl)OCc1c2ccccc2cc2ccccc12. The second kappa shape index (κ2) is 8.09. The molecule has 0 unspecified atom stereocenters. The van der Waals surface area contributed by atoms with Crippen LogP contribution in [0.25, 0.3) is 21.5 Å². The van der Waals surface area contributed by atoms with Crippen LogP contribution in [0.15, 0.2) is 72.8 Å². The molecule has 4 rings (SSSR count). The Bertz CT molecular complexity index is 1120. The van der Waals surface area contributed by atoms with Gasteiger partial charge in [0.15, 0.2) is 6.61 Å². The molecule has 3 nitrogen and oxygen atoms in total. The number of carbonyl (C=O) groups is 1. The summed E-state index contributed by atoms with van der Waals surface area (Å²) in [5, 5.41) is 5.20. The van der Waals surface area contributed by atoms with Gasteiger partial charge in [0, 0.05) is 10.6 Å². The number of ether oxygens (including phenoxy) is 2. The number of halogens is 2. The van der Waals surface area contributed by atoms with Crippen LogP contribution >= 0.6 is 23.2 Å². The molecule has 0 saturated heterocycles. The third-order valence-corrected chi connectivity index (χ3v) is 5.03. The highest BCUT2D eigenvalue weighted by Crippen LogP contribution is 2.29. The Morgan fingerprint density at radius 1 is 0.821 bits per heavy atom. The van der Waals surface area contributed by atoms with Crippen molar-refractivity contribution in [3.05, 3.63) is 88.4 Å². The number of hydrogen-bond donors (Lipinski definition) is 0. The monoisotopic (exact) mass is 410 g/mol. The lowest BCUT2D eigenvalue weighted by molar-refractivity contribution is -0.147. The van der Waals surface area contributed by atoms with Crippen LogP contribution in [0, 0.1) is 0 Å². The standard InChI is InChI=1S/C23H16Cl2O3/c24-17-9-10-22(21(25)12-17)27-14-23(26)28-13-20-18-7-3-1-5-15(18)11-16-6-2-4-8-19(16)20/h1-12H,13-14H2. The minimum Gasteiger partial charge on any atom is -0.480 e. The van der Waals surface area contributed by atoms with Crippen molar-refractivity contribution in [2.75, 3.05) is 6.61 Å². The molecular weight excluding hydrogens is 395 g/mol. The van der Waals surface area contributed by atoms with Crippen molar-refractivity contribution >= 4 is 50.7 Å². The molecule has 0 spiro atoms. The molecule has 5 heteroatoms. The van der Waals surface area contributed by atoms with Crippen LogP contribution in [0.3, 0.4) is 0 Å². The molecule has 4 aromatic carbocycles. The minimum absolute atomic E-state index is 0.165. The average Bonchev–Trinajstić information content (AvgIpc) is 2.70. The molecule has 0 fully saturated rings. The maximum atomic E-state index is 12.2. The number of benzene rings is 4. The maximum absolute atomic E-state index is 12.2. The van der Waals surface area contributed by atoms with Gasteiger partial charge in [0.2, 0.25) is 0 Å². The fourth-order valence-electron chi connectivity index (χ4n) is 3.19. The van der Waals surface area contributed by atoms with Crippen LogP contribution < -0.4 is 4.74 Å². The van der Waals surface area contributed by atoms with E-state index in [0.717, 1.165) is 27.1 Å². The first-order chi connectivity index (χ1) is 13.6. The summed E-state index contributed by atoms with van der Waals surface area (Å²) < 4.78 is 10.9. The van der Waals surface area contributed by atoms with E-state index in [-0.39, 0.29) is 13.2 Å². The molecule has 0 saturated carbocycles. The number of rotatable bonds is 5. The fraction of sp³-hybridized carbons (Fsp3) is 0.0870. The normalized spacial score (nSPS) is 10.9. The van der Waals surface area contributed by atoms with Crippen molar-refractivity contribution < 1.29 is 14.3 Å². The molecule has 4 aromatic rings. The Morgan fingerprint density at radius 2 is 1.46 bits per heavy atom. The van der Waals surface area contributed by atoms with Gasteiger partial charge in [-0.05, 0) is 45.8 Å². The van der Waals surface area contributed by atoms with Gasteiger partial charge in [-0.25, -0.2) is 4.79 Å². The lowest BCUT2D eigenvalue weighted by Crippen LogP contribution is -2.15. The van der Waals surface area contributed by atoms with Crippen LogP contribution in [-0.4, -0.2) is 12.6 Å². The van der Waals surface area contributed by atoms with Crippen LogP contribution in [-0.2, 0) is 16.1 Å². The third-order valence-electron chi connectivity index (χ3n) is 4.50. The van der Waals surface area contributed by atoms with E-state index in [1.54, 1.807) is 18.2 Å². The molecule has 0 aliphatic rings. The Hall–Kier alpha value is -2.75. The van der Waals surface area contributed by atoms with Gasteiger partial charge in [-0.2, -0.15) is 0 Å². The first-order valence-corrected chi connectivity index (χ1v) is 9.50. The molecular formula is C23H16Cl2O3. The van der Waals surface area contributed by atoms with Crippen molar-refractivity contribution in [2.45, 2.75) is 6.61 Å². The number of hydrogen-bond acceptors (Lipinski definition) is 3. The van der Waals surface area contributed by atoms with E-state index < -0.39 is 5.97 Å². The molecule has 0 aliphatic carbocycles. The zero-order valence-corrected chi connectivity index (χ0v) is 16.3. The van der Waals surface area contributed by atoms with E-state index in [1.807, 2.05) is 36.4 Å². The minimum atomic E-state index is -0.469. The first-order valence-electron chi connectivity index (χ1n) is 8.74. The highest BCUT2D eigenvalue weighted by atomic mass is 35.5. The molecule has 28 heavy (non-hydrogen) atoms. The topological polar surface area (TPSA) is 35.5 Å². The Morgan fingerprint density at radius 3 is 2.11 bits per heavy atom. The quantitative estimate of drug-likeness (QED) is 0.281. The van der Waals surface area contributed by atoms with Crippen molar-refractivity contribution in [1.29, 1.82) is 0 Å². The van der Waals surface area contributed by atoms with Gasteiger partial charge in [-0.15, -0.1) is 0 Å². The number of fused-ring (bicyclic) bond motifs is 2. The van der Waals surface area contributed by atoms with E-state index >= 15 is 0 Å².